The molecule has 1 rings (SSSR count). The van der Waals surface area contributed by atoms with Gasteiger partial charge in [-0.2, -0.15) is 0 Å². The van der Waals surface area contributed by atoms with Gasteiger partial charge in [-0.15, -0.1) is 0 Å². The van der Waals surface area contributed by atoms with Crippen LogP contribution in [-0.4, -0.2) is 30.9 Å². The van der Waals surface area contributed by atoms with Gasteiger partial charge in [-0.25, -0.2) is 4.39 Å². The second-order valence-electron chi connectivity index (χ2n) is 4.32. The molecule has 0 radical (unpaired) electrons. The molecule has 0 bridgehead atoms. The van der Waals surface area contributed by atoms with E-state index in [1.165, 1.54) is 6.07 Å². The van der Waals surface area contributed by atoms with Gasteiger partial charge in [0.25, 0.3) is 5.91 Å². The fraction of sp³-hybridized carbons (Fsp3) is 0.500. The Bertz CT molecular complexity index is 407. The first kappa shape index (κ1) is 14.5. The van der Waals surface area contributed by atoms with E-state index in [-0.39, 0.29) is 11.7 Å². The van der Waals surface area contributed by atoms with E-state index in [9.17, 15) is 9.18 Å². The molecule has 18 heavy (non-hydrogen) atoms. The van der Waals surface area contributed by atoms with Crippen LogP contribution in [0.3, 0.4) is 0 Å². The van der Waals surface area contributed by atoms with Crippen molar-refractivity contribution in [3.63, 3.8) is 0 Å². The Morgan fingerprint density at radius 2 is 2.06 bits per heavy atom. The molecule has 0 aliphatic carbocycles. The van der Waals surface area contributed by atoms with E-state index in [1.54, 1.807) is 24.1 Å². The molecule has 1 amide bonds. The summed E-state index contributed by atoms with van der Waals surface area (Å²) >= 11 is 0. The maximum Gasteiger partial charge on any atom is 0.255 e. The molecule has 0 heterocycles. The third-order valence-electron chi connectivity index (χ3n) is 2.70. The van der Waals surface area contributed by atoms with Gasteiger partial charge in [-0.1, -0.05) is 19.9 Å². The number of nitrogens with one attached hydrogen (secondary N) is 1. The van der Waals surface area contributed by atoms with Gasteiger partial charge in [0.05, 0.1) is 11.3 Å². The molecular weight excluding hydrogens is 231 g/mol. The standard InChI is InChI=1S/C14H21FN2O/c1-4-9-16-13-11(7-6-8-12(13)15)14(18)17(3)10-5-2/h6-8,16H,4-5,9-10H2,1-3H3. The summed E-state index contributed by atoms with van der Waals surface area (Å²) < 4.78 is 13.7. The zero-order valence-corrected chi connectivity index (χ0v) is 11.3. The fourth-order valence-corrected chi connectivity index (χ4v) is 1.77. The van der Waals surface area contributed by atoms with Crippen LogP contribution in [0.5, 0.6) is 0 Å². The fourth-order valence-electron chi connectivity index (χ4n) is 1.77. The number of halogens is 1. The van der Waals surface area contributed by atoms with Crippen LogP contribution in [0.4, 0.5) is 10.1 Å². The van der Waals surface area contributed by atoms with Gasteiger partial charge in [0.15, 0.2) is 0 Å². The first-order valence-electron chi connectivity index (χ1n) is 6.39. The van der Waals surface area contributed by atoms with E-state index < -0.39 is 0 Å². The Morgan fingerprint density at radius 3 is 2.67 bits per heavy atom. The van der Waals surface area contributed by atoms with Crippen molar-refractivity contribution in [2.24, 2.45) is 0 Å². The van der Waals surface area contributed by atoms with Crippen LogP contribution < -0.4 is 5.32 Å². The minimum atomic E-state index is -0.376. The molecule has 3 nitrogen and oxygen atoms in total. The largest absolute Gasteiger partial charge is 0.382 e. The molecule has 0 saturated heterocycles. The smallest absolute Gasteiger partial charge is 0.255 e. The van der Waals surface area contributed by atoms with Crippen molar-refractivity contribution in [3.05, 3.63) is 29.6 Å². The molecule has 0 aromatic heterocycles. The first-order chi connectivity index (χ1) is 8.61. The second kappa shape index (κ2) is 6.99. The lowest BCUT2D eigenvalue weighted by Gasteiger charge is -2.19. The summed E-state index contributed by atoms with van der Waals surface area (Å²) in [6.45, 7) is 5.32. The lowest BCUT2D eigenvalue weighted by molar-refractivity contribution is 0.0795. The number of amides is 1. The zero-order chi connectivity index (χ0) is 13.5. The molecular formula is C14H21FN2O. The third-order valence-corrected chi connectivity index (χ3v) is 2.70. The van der Waals surface area contributed by atoms with Crippen molar-refractivity contribution in [3.8, 4) is 0 Å². The molecule has 0 aliphatic rings. The van der Waals surface area contributed by atoms with Crippen LogP contribution in [0.25, 0.3) is 0 Å². The second-order valence-corrected chi connectivity index (χ2v) is 4.32. The lowest BCUT2D eigenvalue weighted by Crippen LogP contribution is -2.28. The summed E-state index contributed by atoms with van der Waals surface area (Å²) in [6, 6.07) is 4.60. The first-order valence-corrected chi connectivity index (χ1v) is 6.39. The molecule has 100 valence electrons. The summed E-state index contributed by atoms with van der Waals surface area (Å²) in [6.07, 6.45) is 1.77. The molecule has 1 aromatic rings. The van der Waals surface area contributed by atoms with Crippen molar-refractivity contribution in [1.29, 1.82) is 0 Å². The summed E-state index contributed by atoms with van der Waals surface area (Å²) in [7, 11) is 1.74. The number of anilines is 1. The highest BCUT2D eigenvalue weighted by molar-refractivity contribution is 5.99. The molecule has 1 aromatic carbocycles. The topological polar surface area (TPSA) is 32.3 Å². The van der Waals surface area contributed by atoms with Gasteiger partial charge in [-0.05, 0) is 25.0 Å². The number of benzene rings is 1. The van der Waals surface area contributed by atoms with E-state index in [0.29, 0.717) is 24.3 Å². The van der Waals surface area contributed by atoms with Gasteiger partial charge >= 0.3 is 0 Å². The number of carbonyl (C=O) groups is 1. The minimum Gasteiger partial charge on any atom is -0.382 e. The highest BCUT2D eigenvalue weighted by Crippen LogP contribution is 2.21. The SMILES string of the molecule is CCCNc1c(F)cccc1C(=O)N(C)CCC. The van der Waals surface area contributed by atoms with Crippen molar-refractivity contribution in [2.75, 3.05) is 25.5 Å². The predicted molar refractivity (Wildman–Crippen MR) is 72.4 cm³/mol. The maximum atomic E-state index is 13.7. The number of rotatable bonds is 6. The average Bonchev–Trinajstić information content (AvgIpc) is 2.36. The van der Waals surface area contributed by atoms with Crippen molar-refractivity contribution < 1.29 is 9.18 Å². The quantitative estimate of drug-likeness (QED) is 0.843. The Hall–Kier alpha value is -1.58. The molecule has 0 unspecified atom stereocenters. The van der Waals surface area contributed by atoms with Gasteiger partial charge in [0.2, 0.25) is 0 Å². The summed E-state index contributed by atoms with van der Waals surface area (Å²) in [5.41, 5.74) is 0.715. The van der Waals surface area contributed by atoms with Gasteiger partial charge in [0.1, 0.15) is 5.82 Å². The Kier molecular flexibility index (Phi) is 5.62. The monoisotopic (exact) mass is 252 g/mol. The van der Waals surface area contributed by atoms with Gasteiger partial charge in [-0.3, -0.25) is 4.79 Å². The number of nitrogens with zero attached hydrogens (tertiary/aromatic N) is 1. The van der Waals surface area contributed by atoms with Gasteiger partial charge in [0, 0.05) is 20.1 Å². The molecule has 0 saturated carbocycles. The highest BCUT2D eigenvalue weighted by atomic mass is 19.1. The Balaban J connectivity index is 2.99. The minimum absolute atomic E-state index is 0.144. The summed E-state index contributed by atoms with van der Waals surface area (Å²) in [5, 5.41) is 2.99. The number of hydrogen-bond donors (Lipinski definition) is 1. The van der Waals surface area contributed by atoms with Gasteiger partial charge < -0.3 is 10.2 Å². The van der Waals surface area contributed by atoms with Crippen molar-refractivity contribution in [1.82, 2.24) is 4.90 Å². The molecule has 0 atom stereocenters. The molecule has 1 N–H and O–H groups in total. The van der Waals surface area contributed by atoms with Crippen molar-refractivity contribution >= 4 is 11.6 Å². The van der Waals surface area contributed by atoms with Crippen LogP contribution in [0, 0.1) is 5.82 Å². The Labute approximate surface area is 108 Å². The summed E-state index contributed by atoms with van der Waals surface area (Å²) in [4.78, 5) is 13.8. The Morgan fingerprint density at radius 1 is 1.33 bits per heavy atom. The van der Waals surface area contributed by atoms with E-state index >= 15 is 0 Å². The number of hydrogen-bond acceptors (Lipinski definition) is 2. The average molecular weight is 252 g/mol. The van der Waals surface area contributed by atoms with Crippen LogP contribution in [0.1, 0.15) is 37.0 Å². The van der Waals surface area contributed by atoms with Crippen molar-refractivity contribution in [2.45, 2.75) is 26.7 Å². The van der Waals surface area contributed by atoms with Crippen LogP contribution >= 0.6 is 0 Å². The molecule has 0 spiro atoms. The van der Waals surface area contributed by atoms with Crippen LogP contribution in [0.2, 0.25) is 0 Å². The van der Waals surface area contributed by atoms with Crippen LogP contribution in [0.15, 0.2) is 18.2 Å². The molecule has 4 heteroatoms. The van der Waals surface area contributed by atoms with E-state index in [2.05, 4.69) is 5.32 Å². The van der Waals surface area contributed by atoms with E-state index in [4.69, 9.17) is 0 Å². The molecule has 0 fully saturated rings. The zero-order valence-electron chi connectivity index (χ0n) is 11.3. The molecule has 0 aliphatic heterocycles. The van der Waals surface area contributed by atoms with Crippen LogP contribution in [-0.2, 0) is 0 Å². The van der Waals surface area contributed by atoms with E-state index in [1.807, 2.05) is 13.8 Å². The number of para-hydroxylation sites is 1. The normalized spacial score (nSPS) is 10.2. The lowest BCUT2D eigenvalue weighted by atomic mass is 10.1. The van der Waals surface area contributed by atoms with E-state index in [0.717, 1.165) is 12.8 Å². The highest BCUT2D eigenvalue weighted by Gasteiger charge is 2.17. The third kappa shape index (κ3) is 3.45. The summed E-state index contributed by atoms with van der Waals surface area (Å²) in [5.74, 6) is -0.519. The predicted octanol–water partition coefficient (Wildman–Crippen LogP) is 3.13. The maximum absolute atomic E-state index is 13.7. The number of carbonyl (C=O) groups excluding carboxylic acids is 1.